The molecule has 1 amide bonds. The first-order valence-corrected chi connectivity index (χ1v) is 6.86. The Morgan fingerprint density at radius 3 is 2.68 bits per heavy atom. The normalized spacial score (nSPS) is 17.9. The first kappa shape index (κ1) is 14.4. The van der Waals surface area contributed by atoms with E-state index in [4.69, 9.17) is 0 Å². The minimum absolute atomic E-state index is 0. The Balaban J connectivity index is 0.00000133. The number of hydrogen-bond acceptors (Lipinski definition) is 2. The van der Waals surface area contributed by atoms with E-state index < -0.39 is 0 Å². The number of halogens is 1. The molecular formula is C13H14IN3OS. The van der Waals surface area contributed by atoms with Crippen LogP contribution in [-0.4, -0.2) is 22.2 Å². The predicted octanol–water partition coefficient (Wildman–Crippen LogP) is 2.82. The van der Waals surface area contributed by atoms with E-state index in [1.807, 2.05) is 39.9 Å². The van der Waals surface area contributed by atoms with Crippen LogP contribution in [0, 0.1) is 3.57 Å². The molecule has 2 heterocycles. The molecule has 2 aromatic rings. The number of amides is 1. The highest BCUT2D eigenvalue weighted by atomic mass is 127. The zero-order chi connectivity index (χ0) is 12.7. The smallest absolute Gasteiger partial charge is 0.277 e. The fraction of sp³-hybridized carbons (Fsp3) is 0.231. The van der Waals surface area contributed by atoms with Gasteiger partial charge in [-0.25, -0.2) is 0 Å². The molecule has 1 aliphatic heterocycles. The summed E-state index contributed by atoms with van der Waals surface area (Å²) in [6.07, 6.45) is 1.75. The van der Waals surface area contributed by atoms with Gasteiger partial charge in [-0.3, -0.25) is 9.48 Å². The molecule has 0 aliphatic carbocycles. The summed E-state index contributed by atoms with van der Waals surface area (Å²) in [5.74, 6) is 0.0289. The molecule has 0 saturated carbocycles. The Labute approximate surface area is 132 Å². The zero-order valence-corrected chi connectivity index (χ0v) is 13.5. The minimum atomic E-state index is 0. The maximum atomic E-state index is 12.5. The van der Waals surface area contributed by atoms with Crippen molar-refractivity contribution in [3.8, 4) is 0 Å². The third-order valence-electron chi connectivity index (χ3n) is 3.13. The van der Waals surface area contributed by atoms with Gasteiger partial charge in [0.05, 0.1) is 15.8 Å². The van der Waals surface area contributed by atoms with Gasteiger partial charge in [0.2, 0.25) is 0 Å². The fourth-order valence-corrected chi connectivity index (χ4v) is 2.86. The quantitative estimate of drug-likeness (QED) is 0.706. The van der Waals surface area contributed by atoms with Crippen molar-refractivity contribution in [2.24, 2.45) is 0 Å². The lowest BCUT2D eigenvalue weighted by molar-refractivity contribution is 0.0952. The van der Waals surface area contributed by atoms with Crippen molar-refractivity contribution in [2.75, 3.05) is 11.4 Å². The minimum Gasteiger partial charge on any atom is -0.305 e. The van der Waals surface area contributed by atoms with Crippen LogP contribution in [0.4, 0.5) is 5.69 Å². The van der Waals surface area contributed by atoms with Gasteiger partial charge in [0.25, 0.3) is 5.91 Å². The second-order valence-corrected chi connectivity index (χ2v) is 5.55. The summed E-state index contributed by atoms with van der Waals surface area (Å²) >= 11 is 2.16. The number of carbonyl (C=O) groups is 1. The highest BCUT2D eigenvalue weighted by molar-refractivity contribution is 14.1. The third-order valence-corrected chi connectivity index (χ3v) is 3.92. The van der Waals surface area contributed by atoms with Crippen LogP contribution >= 0.6 is 36.1 Å². The molecule has 0 fully saturated rings. The first-order valence-electron chi connectivity index (χ1n) is 5.78. The van der Waals surface area contributed by atoms with Crippen molar-refractivity contribution in [1.82, 2.24) is 9.78 Å². The molecule has 0 N–H and O–H groups in total. The van der Waals surface area contributed by atoms with Gasteiger partial charge in [-0.05, 0) is 41.6 Å². The van der Waals surface area contributed by atoms with Crippen molar-refractivity contribution in [2.45, 2.75) is 13.0 Å². The number of hydrogen-bond donors (Lipinski definition) is 0. The number of carbonyl (C=O) groups excluding carboxylic acids is 1. The summed E-state index contributed by atoms with van der Waals surface area (Å²) in [7, 11) is 0. The average Bonchev–Trinajstić information content (AvgIpc) is 2.78. The Bertz CT molecular complexity index is 599. The highest BCUT2D eigenvalue weighted by Crippen LogP contribution is 2.27. The average molecular weight is 387 g/mol. The van der Waals surface area contributed by atoms with Crippen molar-refractivity contribution < 1.29 is 4.79 Å². The maximum absolute atomic E-state index is 12.5. The van der Waals surface area contributed by atoms with Crippen LogP contribution in [0.5, 0.6) is 0 Å². The lowest BCUT2D eigenvalue weighted by Gasteiger charge is -2.32. The third kappa shape index (κ3) is 2.38. The molecular weight excluding hydrogens is 373 g/mol. The van der Waals surface area contributed by atoms with E-state index in [2.05, 4.69) is 34.6 Å². The second-order valence-electron chi connectivity index (χ2n) is 4.39. The summed E-state index contributed by atoms with van der Waals surface area (Å²) in [5.41, 5.74) is 1.64. The Morgan fingerprint density at radius 2 is 2.00 bits per heavy atom. The van der Waals surface area contributed by atoms with Gasteiger partial charge in [-0.1, -0.05) is 18.2 Å². The lowest BCUT2D eigenvalue weighted by atomic mass is 10.1. The van der Waals surface area contributed by atoms with E-state index in [9.17, 15) is 4.79 Å². The predicted molar refractivity (Wildman–Crippen MR) is 88.2 cm³/mol. The van der Waals surface area contributed by atoms with E-state index >= 15 is 0 Å². The number of nitrogens with zero attached hydrogens (tertiary/aromatic N) is 3. The second kappa shape index (κ2) is 5.54. The summed E-state index contributed by atoms with van der Waals surface area (Å²) < 4.78 is 2.73. The zero-order valence-electron chi connectivity index (χ0n) is 10.4. The van der Waals surface area contributed by atoms with Crippen LogP contribution in [0.15, 0.2) is 36.5 Å². The fourth-order valence-electron chi connectivity index (χ4n) is 2.26. The summed E-state index contributed by atoms with van der Waals surface area (Å²) in [6.45, 7) is 2.74. The van der Waals surface area contributed by atoms with Gasteiger partial charge in [0, 0.05) is 12.2 Å². The molecule has 6 heteroatoms. The lowest BCUT2D eigenvalue weighted by Crippen LogP contribution is -2.42. The van der Waals surface area contributed by atoms with Gasteiger partial charge in [0.15, 0.2) is 0 Å². The monoisotopic (exact) mass is 387 g/mol. The molecule has 1 aromatic carbocycles. The number of benzene rings is 1. The van der Waals surface area contributed by atoms with Crippen LogP contribution in [0.1, 0.15) is 23.5 Å². The van der Waals surface area contributed by atoms with Gasteiger partial charge in [0.1, 0.15) is 5.69 Å². The Kier molecular flexibility index (Phi) is 4.19. The Hall–Kier alpha value is -1.02. The van der Waals surface area contributed by atoms with Crippen molar-refractivity contribution in [3.63, 3.8) is 0 Å². The molecule has 0 radical (unpaired) electrons. The summed E-state index contributed by atoms with van der Waals surface area (Å²) in [5, 5.41) is 4.28. The number of para-hydroxylation sites is 1. The molecule has 4 nitrogen and oxygen atoms in total. The van der Waals surface area contributed by atoms with E-state index in [-0.39, 0.29) is 25.4 Å². The molecule has 0 bridgehead atoms. The van der Waals surface area contributed by atoms with Gasteiger partial charge in [-0.2, -0.15) is 18.6 Å². The van der Waals surface area contributed by atoms with Crippen LogP contribution in [0.3, 0.4) is 0 Å². The number of fused-ring (bicyclic) bond motifs is 1. The number of aromatic nitrogens is 2. The summed E-state index contributed by atoms with van der Waals surface area (Å²) in [6, 6.07) is 9.97. The molecule has 1 aromatic heterocycles. The van der Waals surface area contributed by atoms with Gasteiger partial charge in [-0.15, -0.1) is 0 Å². The molecule has 1 atom stereocenters. The van der Waals surface area contributed by atoms with Crippen LogP contribution < -0.4 is 4.90 Å². The number of rotatable bonds is 1. The van der Waals surface area contributed by atoms with Crippen molar-refractivity contribution in [3.05, 3.63) is 45.8 Å². The van der Waals surface area contributed by atoms with E-state index in [0.717, 1.165) is 9.26 Å². The molecule has 0 unspecified atom stereocenters. The van der Waals surface area contributed by atoms with Crippen LogP contribution in [0.25, 0.3) is 0 Å². The van der Waals surface area contributed by atoms with E-state index in [1.165, 1.54) is 0 Å². The van der Waals surface area contributed by atoms with Crippen LogP contribution in [-0.2, 0) is 0 Å². The molecule has 0 saturated heterocycles. The molecule has 1 aliphatic rings. The summed E-state index contributed by atoms with van der Waals surface area (Å²) in [4.78, 5) is 14.3. The number of anilines is 1. The molecule has 0 spiro atoms. The standard InChI is InChI=1S/C13H12IN3O.H2S/c1-9-8-16(10-5-3-2-4-6-10)13(18)12-11(14)7-15-17(9)12;/h2-7,9H,8H2,1H3;1H2/t9-;/m0./s1. The Morgan fingerprint density at radius 1 is 1.32 bits per heavy atom. The first-order chi connectivity index (χ1) is 8.68. The van der Waals surface area contributed by atoms with E-state index in [0.29, 0.717) is 12.2 Å². The van der Waals surface area contributed by atoms with Gasteiger partial charge < -0.3 is 4.90 Å². The highest BCUT2D eigenvalue weighted by Gasteiger charge is 2.32. The van der Waals surface area contributed by atoms with Crippen molar-refractivity contribution in [1.29, 1.82) is 0 Å². The SMILES string of the molecule is C[C@H]1CN(c2ccccc2)C(=O)c2c(I)cnn21.S. The van der Waals surface area contributed by atoms with Gasteiger partial charge >= 0.3 is 0 Å². The molecule has 100 valence electrons. The topological polar surface area (TPSA) is 38.1 Å². The van der Waals surface area contributed by atoms with Crippen LogP contribution in [0.2, 0.25) is 0 Å². The molecule has 3 rings (SSSR count). The maximum Gasteiger partial charge on any atom is 0.277 e. The van der Waals surface area contributed by atoms with E-state index in [1.54, 1.807) is 6.20 Å². The molecule has 19 heavy (non-hydrogen) atoms. The largest absolute Gasteiger partial charge is 0.305 e. The van der Waals surface area contributed by atoms with Crippen molar-refractivity contribution >= 4 is 47.7 Å².